The van der Waals surface area contributed by atoms with Crippen molar-refractivity contribution in [1.29, 1.82) is 0 Å². The van der Waals surface area contributed by atoms with Crippen LogP contribution in [0.1, 0.15) is 29.2 Å². The molecule has 8 bridgehead atoms. The number of pyridine rings is 3. The van der Waals surface area contributed by atoms with Gasteiger partial charge in [0.15, 0.2) is 0 Å². The molecule has 0 fully saturated rings. The molecule has 0 saturated carbocycles. The fourth-order valence-corrected chi connectivity index (χ4v) is 6.73. The minimum Gasteiger partial charge on any atom is -0.326 e. The molecule has 9 heteroatoms. The number of aromatic nitrogens is 3. The van der Waals surface area contributed by atoms with Gasteiger partial charge in [-0.2, -0.15) is 0 Å². The lowest BCUT2D eigenvalue weighted by Gasteiger charge is -2.12. The predicted octanol–water partition coefficient (Wildman–Crippen LogP) is 7.83. The van der Waals surface area contributed by atoms with Crippen molar-refractivity contribution in [3.8, 4) is 0 Å². The molecular formula is C43H28N8O. The third-order valence-electron chi connectivity index (χ3n) is 8.95. The lowest BCUT2D eigenvalue weighted by atomic mass is 9.98. The van der Waals surface area contributed by atoms with Crippen LogP contribution in [0, 0.1) is 0 Å². The van der Waals surface area contributed by atoms with Crippen molar-refractivity contribution in [3.63, 3.8) is 0 Å². The number of fused-ring (bicyclic) bond motifs is 4. The summed E-state index contributed by atoms with van der Waals surface area (Å²) in [5.74, 6) is -0.134. The van der Waals surface area contributed by atoms with Gasteiger partial charge in [0.25, 0.3) is 0 Å². The monoisotopic (exact) mass is 672 g/mol. The topological polar surface area (TPSA) is 117 Å². The van der Waals surface area contributed by atoms with E-state index in [2.05, 4.69) is 20.3 Å². The summed E-state index contributed by atoms with van der Waals surface area (Å²) >= 11 is 0. The quantitative estimate of drug-likeness (QED) is 0.233. The molecule has 0 saturated heterocycles. The molecule has 9 rings (SSSR count). The van der Waals surface area contributed by atoms with Crippen LogP contribution in [0.4, 0.5) is 5.69 Å². The van der Waals surface area contributed by atoms with E-state index in [0.717, 1.165) is 90.2 Å². The molecule has 0 aliphatic carbocycles. The van der Waals surface area contributed by atoms with Gasteiger partial charge in [0.05, 0.1) is 45.6 Å². The number of allylic oxidation sites excluding steroid dienone is 12. The summed E-state index contributed by atoms with van der Waals surface area (Å²) in [5.41, 5.74) is 13.7. The maximum Gasteiger partial charge on any atom is 0.221 e. The maximum absolute atomic E-state index is 11.8. The van der Waals surface area contributed by atoms with E-state index in [1.807, 2.05) is 128 Å². The highest BCUT2D eigenvalue weighted by molar-refractivity contribution is 6.39. The standard InChI is InChI=1S/C43H28N8O/c1-26(52)47-31-10-8-27(9-11-31)40-32-12-14-34(48-32)41(28-5-2-20-44-23-28)36-16-18-38(50-36)43(30-7-4-22-46-25-30)39-19-17-37(51-39)42(29-6-3-21-45-24-29)35-15-13-33(40)49-35/h2-25H,1H3,(H,47,52). The van der Waals surface area contributed by atoms with E-state index in [1.54, 1.807) is 18.6 Å². The molecule has 1 N–H and O–H groups in total. The molecule has 246 valence electrons. The summed E-state index contributed by atoms with van der Waals surface area (Å²) in [7, 11) is 0. The first kappa shape index (κ1) is 30.8. The van der Waals surface area contributed by atoms with Crippen LogP contribution >= 0.6 is 0 Å². The van der Waals surface area contributed by atoms with Crippen molar-refractivity contribution in [3.05, 3.63) is 191 Å². The normalized spacial score (nSPS) is 17.2. The number of nitrogens with one attached hydrogen (secondary N) is 1. The van der Waals surface area contributed by atoms with Crippen molar-refractivity contribution in [2.24, 2.45) is 20.0 Å². The Hall–Kier alpha value is -7.26. The van der Waals surface area contributed by atoms with Gasteiger partial charge in [0.1, 0.15) is 0 Å². The van der Waals surface area contributed by atoms with E-state index in [-0.39, 0.29) is 5.91 Å². The summed E-state index contributed by atoms with van der Waals surface area (Å²) in [5, 5.41) is 2.86. The molecule has 1 amide bonds. The van der Waals surface area contributed by atoms with Crippen molar-refractivity contribution < 1.29 is 4.79 Å². The fourth-order valence-electron chi connectivity index (χ4n) is 6.73. The van der Waals surface area contributed by atoms with Gasteiger partial charge in [-0.25, -0.2) is 20.0 Å². The number of carbonyl (C=O) groups excluding carboxylic acids is 1. The number of hydrogen-bond donors (Lipinski definition) is 1. The van der Waals surface area contributed by atoms with E-state index in [9.17, 15) is 4.79 Å². The first-order valence-electron chi connectivity index (χ1n) is 16.7. The van der Waals surface area contributed by atoms with Crippen molar-refractivity contribution in [2.75, 3.05) is 5.32 Å². The molecule has 52 heavy (non-hydrogen) atoms. The van der Waals surface area contributed by atoms with Crippen LogP contribution in [0.25, 0.3) is 22.3 Å². The SMILES string of the molecule is CC(=O)Nc1ccc(C2=C3C=CC(=N3)C(c3cccnc3)=C3C=CC(=N3)C(c3cccnc3)=C3C=CC(=N3)C(c3cccnc3)=C3C=CC2=N3)cc1. The molecule has 0 unspecified atom stereocenters. The summed E-state index contributed by atoms with van der Waals surface area (Å²) in [6.07, 6.45) is 26.9. The highest BCUT2D eigenvalue weighted by atomic mass is 16.1. The van der Waals surface area contributed by atoms with Crippen LogP contribution in [-0.2, 0) is 4.79 Å². The highest BCUT2D eigenvalue weighted by Crippen LogP contribution is 2.38. The van der Waals surface area contributed by atoms with Gasteiger partial charge in [-0.05, 0) is 84.5 Å². The molecule has 3 aromatic heterocycles. The first-order valence-corrected chi connectivity index (χ1v) is 16.7. The average molecular weight is 673 g/mol. The van der Waals surface area contributed by atoms with Gasteiger partial charge >= 0.3 is 0 Å². The molecule has 4 aromatic rings. The Balaban J connectivity index is 1.34. The summed E-state index contributed by atoms with van der Waals surface area (Å²) in [6.45, 7) is 1.49. The number of nitrogens with zero attached hydrogens (tertiary/aromatic N) is 7. The van der Waals surface area contributed by atoms with Crippen LogP contribution < -0.4 is 5.32 Å². The van der Waals surface area contributed by atoms with Crippen LogP contribution in [-0.4, -0.2) is 43.7 Å². The minimum absolute atomic E-state index is 0.134. The van der Waals surface area contributed by atoms with Crippen LogP contribution in [0.2, 0.25) is 0 Å². The van der Waals surface area contributed by atoms with Gasteiger partial charge in [0.2, 0.25) is 5.91 Å². The zero-order valence-electron chi connectivity index (χ0n) is 27.9. The van der Waals surface area contributed by atoms with Crippen LogP contribution in [0.3, 0.4) is 0 Å². The second kappa shape index (κ2) is 12.9. The van der Waals surface area contributed by atoms with Gasteiger partial charge in [-0.15, -0.1) is 0 Å². The van der Waals surface area contributed by atoms with Gasteiger partial charge in [0, 0.05) is 88.8 Å². The molecule has 5 aliphatic heterocycles. The van der Waals surface area contributed by atoms with Crippen molar-refractivity contribution in [2.45, 2.75) is 6.92 Å². The number of amides is 1. The van der Waals surface area contributed by atoms with E-state index >= 15 is 0 Å². The number of rotatable bonds is 5. The molecule has 0 radical (unpaired) electrons. The van der Waals surface area contributed by atoms with E-state index in [4.69, 9.17) is 20.0 Å². The Morgan fingerprint density at radius 2 is 0.788 bits per heavy atom. The van der Waals surface area contributed by atoms with Gasteiger partial charge in [-0.3, -0.25) is 19.7 Å². The molecular weight excluding hydrogens is 645 g/mol. The van der Waals surface area contributed by atoms with Gasteiger partial charge in [-0.1, -0.05) is 30.3 Å². The maximum atomic E-state index is 11.8. The second-order valence-corrected chi connectivity index (χ2v) is 12.3. The molecule has 8 heterocycles. The van der Waals surface area contributed by atoms with Crippen molar-refractivity contribution in [1.82, 2.24) is 15.0 Å². The Bertz CT molecular complexity index is 2520. The Kier molecular flexibility index (Phi) is 7.63. The van der Waals surface area contributed by atoms with E-state index in [1.165, 1.54) is 6.92 Å². The Morgan fingerprint density at radius 1 is 0.442 bits per heavy atom. The smallest absolute Gasteiger partial charge is 0.221 e. The van der Waals surface area contributed by atoms with E-state index < -0.39 is 0 Å². The molecule has 9 nitrogen and oxygen atoms in total. The minimum atomic E-state index is -0.134. The number of carbonyl (C=O) groups is 1. The largest absolute Gasteiger partial charge is 0.326 e. The first-order chi connectivity index (χ1) is 25.6. The summed E-state index contributed by atoms with van der Waals surface area (Å²) in [6, 6.07) is 19.5. The highest BCUT2D eigenvalue weighted by Gasteiger charge is 2.27. The summed E-state index contributed by atoms with van der Waals surface area (Å²) < 4.78 is 0. The van der Waals surface area contributed by atoms with Crippen LogP contribution in [0.15, 0.2) is 189 Å². The lowest BCUT2D eigenvalue weighted by Crippen LogP contribution is -2.06. The third-order valence-corrected chi connectivity index (χ3v) is 8.95. The molecule has 0 atom stereocenters. The Morgan fingerprint density at radius 3 is 1.10 bits per heavy atom. The van der Waals surface area contributed by atoms with Gasteiger partial charge < -0.3 is 5.32 Å². The zero-order chi connectivity index (χ0) is 35.0. The number of benzene rings is 1. The second-order valence-electron chi connectivity index (χ2n) is 12.3. The molecule has 0 spiro atoms. The van der Waals surface area contributed by atoms with Crippen LogP contribution in [0.5, 0.6) is 0 Å². The fraction of sp³-hybridized carbons (Fsp3) is 0.0233. The van der Waals surface area contributed by atoms with Crippen molar-refractivity contribution >= 4 is 56.7 Å². The number of anilines is 1. The number of aliphatic imine (C=N–C) groups is 4. The number of hydrogen-bond acceptors (Lipinski definition) is 8. The zero-order valence-corrected chi connectivity index (χ0v) is 27.9. The summed E-state index contributed by atoms with van der Waals surface area (Å²) in [4.78, 5) is 46.1. The third kappa shape index (κ3) is 5.66. The molecule has 1 aromatic carbocycles. The lowest BCUT2D eigenvalue weighted by molar-refractivity contribution is -0.114. The predicted molar refractivity (Wildman–Crippen MR) is 207 cm³/mol. The Labute approximate surface area is 299 Å². The molecule has 5 aliphatic rings. The average Bonchev–Trinajstić information content (AvgIpc) is 4.01. The van der Waals surface area contributed by atoms with E-state index in [0.29, 0.717) is 5.69 Å².